The van der Waals surface area contributed by atoms with Gasteiger partial charge in [0.2, 0.25) is 5.91 Å². The van der Waals surface area contributed by atoms with Crippen LogP contribution in [-0.4, -0.2) is 39.0 Å². The zero-order valence-corrected chi connectivity index (χ0v) is 14.6. The highest BCUT2D eigenvalue weighted by molar-refractivity contribution is 5.97. The number of aromatic nitrogens is 2. The lowest BCUT2D eigenvalue weighted by Crippen LogP contribution is -2.29. The van der Waals surface area contributed by atoms with Gasteiger partial charge in [0.15, 0.2) is 0 Å². The first-order valence-corrected chi connectivity index (χ1v) is 8.26. The molecule has 138 valence electrons. The molecule has 0 unspecified atom stereocenters. The number of fused-ring (bicyclic) bond motifs is 1. The van der Waals surface area contributed by atoms with Crippen LogP contribution in [0.2, 0.25) is 0 Å². The monoisotopic (exact) mass is 366 g/mol. The summed E-state index contributed by atoms with van der Waals surface area (Å²) in [5.41, 5.74) is 2.57. The van der Waals surface area contributed by atoms with Gasteiger partial charge in [0.05, 0.1) is 11.0 Å². The summed E-state index contributed by atoms with van der Waals surface area (Å²) in [4.78, 5) is 39.1. The fourth-order valence-corrected chi connectivity index (χ4v) is 2.70. The number of carbonyl (C=O) groups excluding carboxylic acids is 2. The van der Waals surface area contributed by atoms with Crippen LogP contribution in [0.1, 0.15) is 16.2 Å². The number of carbonyl (C=O) groups is 3. The van der Waals surface area contributed by atoms with E-state index in [2.05, 4.69) is 15.6 Å². The number of carboxylic acid groups (broad SMARTS) is 1. The molecule has 0 aliphatic carbocycles. The molecule has 1 aromatic heterocycles. The van der Waals surface area contributed by atoms with E-state index >= 15 is 0 Å². The third kappa shape index (κ3) is 4.30. The van der Waals surface area contributed by atoms with Crippen LogP contribution < -0.4 is 10.6 Å². The van der Waals surface area contributed by atoms with E-state index in [-0.39, 0.29) is 12.5 Å². The summed E-state index contributed by atoms with van der Waals surface area (Å²) in [5, 5.41) is 13.6. The van der Waals surface area contributed by atoms with Crippen LogP contribution in [0, 0.1) is 6.92 Å². The van der Waals surface area contributed by atoms with Gasteiger partial charge in [-0.05, 0) is 43.3 Å². The predicted octanol–water partition coefficient (Wildman–Crippen LogP) is 1.80. The molecule has 2 amide bonds. The number of nitrogens with zero attached hydrogens (tertiary/aromatic N) is 2. The molecule has 1 heterocycles. The van der Waals surface area contributed by atoms with Crippen molar-refractivity contribution in [3.63, 3.8) is 0 Å². The van der Waals surface area contributed by atoms with E-state index in [1.165, 1.54) is 12.1 Å². The quantitative estimate of drug-likeness (QED) is 0.616. The molecule has 3 N–H and O–H groups in total. The fourth-order valence-electron chi connectivity index (χ4n) is 2.70. The van der Waals surface area contributed by atoms with Crippen LogP contribution in [0.15, 0.2) is 48.5 Å². The van der Waals surface area contributed by atoms with Gasteiger partial charge >= 0.3 is 5.97 Å². The highest BCUT2D eigenvalue weighted by atomic mass is 16.4. The Labute approximate surface area is 154 Å². The molecule has 8 heteroatoms. The lowest BCUT2D eigenvalue weighted by molar-refractivity contribution is -0.135. The maximum Gasteiger partial charge on any atom is 0.322 e. The van der Waals surface area contributed by atoms with Gasteiger partial charge in [-0.2, -0.15) is 0 Å². The molecule has 0 bridgehead atoms. The number of aryl methyl sites for hydroxylation is 1. The van der Waals surface area contributed by atoms with Crippen molar-refractivity contribution in [1.29, 1.82) is 0 Å². The number of aliphatic carboxylic acids is 1. The number of hydrogen-bond donors (Lipinski definition) is 3. The van der Waals surface area contributed by atoms with E-state index in [0.29, 0.717) is 11.3 Å². The number of benzene rings is 2. The Kier molecular flexibility index (Phi) is 5.16. The molecule has 0 radical (unpaired) electrons. The summed E-state index contributed by atoms with van der Waals surface area (Å²) >= 11 is 0. The number of anilines is 1. The Balaban J connectivity index is 1.65. The third-order valence-electron chi connectivity index (χ3n) is 3.98. The molecule has 27 heavy (non-hydrogen) atoms. The standard InChI is InChI=1S/C19H18N4O4/c1-12-21-15-4-2-3-5-16(15)23(12)11-17(24)22-14-8-6-13(7-9-14)19(27)20-10-18(25)26/h2-9H,10-11H2,1H3,(H,20,27)(H,22,24)(H,25,26). The largest absolute Gasteiger partial charge is 0.480 e. The first-order valence-electron chi connectivity index (χ1n) is 8.26. The van der Waals surface area contributed by atoms with Crippen molar-refractivity contribution in [1.82, 2.24) is 14.9 Å². The molecule has 0 spiro atoms. The second-order valence-electron chi connectivity index (χ2n) is 5.94. The number of nitrogens with one attached hydrogen (secondary N) is 2. The Morgan fingerprint density at radius 2 is 1.78 bits per heavy atom. The average Bonchev–Trinajstić information content (AvgIpc) is 2.95. The summed E-state index contributed by atoms with van der Waals surface area (Å²) in [6, 6.07) is 13.8. The topological polar surface area (TPSA) is 113 Å². The molecular weight excluding hydrogens is 348 g/mol. The normalized spacial score (nSPS) is 10.6. The molecule has 0 atom stereocenters. The van der Waals surface area contributed by atoms with Gasteiger partial charge in [-0.1, -0.05) is 12.1 Å². The van der Waals surface area contributed by atoms with E-state index in [4.69, 9.17) is 5.11 Å². The molecule has 3 aromatic rings. The SMILES string of the molecule is Cc1nc2ccccc2n1CC(=O)Nc1ccc(C(=O)NCC(=O)O)cc1. The van der Waals surface area contributed by atoms with Gasteiger partial charge in [0, 0.05) is 11.3 Å². The van der Waals surface area contributed by atoms with Gasteiger partial charge in [-0.15, -0.1) is 0 Å². The highest BCUT2D eigenvalue weighted by Gasteiger charge is 2.12. The van der Waals surface area contributed by atoms with E-state index in [9.17, 15) is 14.4 Å². The summed E-state index contributed by atoms with van der Waals surface area (Å²) < 4.78 is 1.83. The minimum Gasteiger partial charge on any atom is -0.480 e. The highest BCUT2D eigenvalue weighted by Crippen LogP contribution is 2.16. The maximum atomic E-state index is 12.4. The smallest absolute Gasteiger partial charge is 0.322 e. The molecule has 8 nitrogen and oxygen atoms in total. The van der Waals surface area contributed by atoms with Crippen LogP contribution in [0.25, 0.3) is 11.0 Å². The van der Waals surface area contributed by atoms with Crippen LogP contribution >= 0.6 is 0 Å². The lowest BCUT2D eigenvalue weighted by atomic mass is 10.2. The number of carboxylic acids is 1. The number of imidazole rings is 1. The van der Waals surface area contributed by atoms with Crippen molar-refractivity contribution in [2.75, 3.05) is 11.9 Å². The third-order valence-corrected chi connectivity index (χ3v) is 3.98. The van der Waals surface area contributed by atoms with E-state index in [0.717, 1.165) is 16.9 Å². The second-order valence-corrected chi connectivity index (χ2v) is 5.94. The fraction of sp³-hybridized carbons (Fsp3) is 0.158. The molecule has 3 rings (SSSR count). The van der Waals surface area contributed by atoms with Crippen LogP contribution in [0.5, 0.6) is 0 Å². The van der Waals surface area contributed by atoms with Gasteiger partial charge in [-0.3, -0.25) is 14.4 Å². The zero-order chi connectivity index (χ0) is 19.4. The molecule has 0 aliphatic rings. The van der Waals surface area contributed by atoms with Crippen LogP contribution in [-0.2, 0) is 16.1 Å². The number of para-hydroxylation sites is 2. The van der Waals surface area contributed by atoms with E-state index < -0.39 is 18.4 Å². The lowest BCUT2D eigenvalue weighted by Gasteiger charge is -2.09. The van der Waals surface area contributed by atoms with Crippen LogP contribution in [0.3, 0.4) is 0 Å². The average molecular weight is 366 g/mol. The molecule has 0 fully saturated rings. The Bertz CT molecular complexity index is 1010. The first kappa shape index (κ1) is 18.1. The van der Waals surface area contributed by atoms with Crippen molar-refractivity contribution >= 4 is 34.5 Å². The summed E-state index contributed by atoms with van der Waals surface area (Å²) in [6.45, 7) is 1.51. The Morgan fingerprint density at radius 3 is 2.48 bits per heavy atom. The molecular formula is C19H18N4O4. The van der Waals surface area contributed by atoms with Gasteiger partial charge < -0.3 is 20.3 Å². The van der Waals surface area contributed by atoms with Crippen molar-refractivity contribution in [2.24, 2.45) is 0 Å². The van der Waals surface area contributed by atoms with E-state index in [1.807, 2.05) is 35.8 Å². The molecule has 2 aromatic carbocycles. The van der Waals surface area contributed by atoms with Crippen LogP contribution in [0.4, 0.5) is 5.69 Å². The van der Waals surface area contributed by atoms with E-state index in [1.54, 1.807) is 12.1 Å². The van der Waals surface area contributed by atoms with Crippen molar-refractivity contribution < 1.29 is 19.5 Å². The van der Waals surface area contributed by atoms with Gasteiger partial charge in [0.1, 0.15) is 18.9 Å². The van der Waals surface area contributed by atoms with Gasteiger partial charge in [-0.25, -0.2) is 4.98 Å². The first-order chi connectivity index (χ1) is 12.9. The summed E-state index contributed by atoms with van der Waals surface area (Å²) in [6.07, 6.45) is 0. The minimum atomic E-state index is -1.12. The number of amides is 2. The minimum absolute atomic E-state index is 0.118. The maximum absolute atomic E-state index is 12.4. The Hall–Kier alpha value is -3.68. The van der Waals surface area contributed by atoms with Crippen molar-refractivity contribution in [3.05, 3.63) is 59.9 Å². The summed E-state index contributed by atoms with van der Waals surface area (Å²) in [7, 11) is 0. The summed E-state index contributed by atoms with van der Waals surface area (Å²) in [5.74, 6) is -1.08. The number of hydrogen-bond acceptors (Lipinski definition) is 4. The predicted molar refractivity (Wildman–Crippen MR) is 99.5 cm³/mol. The molecule has 0 aliphatic heterocycles. The van der Waals surface area contributed by atoms with Crippen molar-refractivity contribution in [2.45, 2.75) is 13.5 Å². The second kappa shape index (κ2) is 7.69. The number of rotatable bonds is 6. The Morgan fingerprint density at radius 1 is 1.07 bits per heavy atom. The molecule has 0 saturated carbocycles. The zero-order valence-electron chi connectivity index (χ0n) is 14.6. The molecule has 0 saturated heterocycles. The van der Waals surface area contributed by atoms with Crippen molar-refractivity contribution in [3.8, 4) is 0 Å². The van der Waals surface area contributed by atoms with Gasteiger partial charge in [0.25, 0.3) is 5.91 Å².